The molecule has 2 saturated heterocycles. The van der Waals surface area contributed by atoms with Gasteiger partial charge < -0.3 is 14.7 Å². The minimum Gasteiger partial charge on any atom is -0.369 e. The number of aryl methyl sites for hydroxylation is 1. The molecule has 0 N–H and O–H groups in total. The van der Waals surface area contributed by atoms with Crippen LogP contribution in [0.25, 0.3) is 0 Å². The van der Waals surface area contributed by atoms with Gasteiger partial charge in [-0.2, -0.15) is 5.10 Å². The third-order valence-corrected chi connectivity index (χ3v) is 4.90. The Hall–Kier alpha value is -1.89. The summed E-state index contributed by atoms with van der Waals surface area (Å²) in [7, 11) is 3.73. The molecule has 0 saturated carbocycles. The molecule has 2 fully saturated rings. The van der Waals surface area contributed by atoms with Gasteiger partial charge in [0.25, 0.3) is 5.56 Å². The number of carbonyl (C=O) groups excluding carboxylic acids is 1. The van der Waals surface area contributed by atoms with Crippen LogP contribution in [0.1, 0.15) is 12.8 Å². The van der Waals surface area contributed by atoms with Crippen molar-refractivity contribution < 1.29 is 4.79 Å². The second kappa shape index (κ2) is 6.70. The molecule has 0 radical (unpaired) electrons. The van der Waals surface area contributed by atoms with Crippen LogP contribution < -0.4 is 10.5 Å². The molecule has 2 aliphatic heterocycles. The first-order valence-corrected chi connectivity index (χ1v) is 8.30. The maximum Gasteiger partial charge on any atom is 0.268 e. The van der Waals surface area contributed by atoms with Crippen molar-refractivity contribution in [2.75, 3.05) is 51.2 Å². The monoisotopic (exact) mass is 319 g/mol. The van der Waals surface area contributed by atoms with Crippen LogP contribution in [0.2, 0.25) is 0 Å². The van der Waals surface area contributed by atoms with E-state index in [9.17, 15) is 9.59 Å². The molecule has 7 nitrogen and oxygen atoms in total. The molecule has 1 unspecified atom stereocenters. The lowest BCUT2D eigenvalue weighted by molar-refractivity contribution is -0.137. The first kappa shape index (κ1) is 16.0. The van der Waals surface area contributed by atoms with Gasteiger partial charge in [0.1, 0.15) is 0 Å². The number of likely N-dealkylation sites (N-methyl/N-ethyl adjacent to an activating group) is 1. The van der Waals surface area contributed by atoms with Crippen LogP contribution in [-0.2, 0) is 11.8 Å². The molecule has 0 spiro atoms. The van der Waals surface area contributed by atoms with E-state index in [0.29, 0.717) is 6.54 Å². The fraction of sp³-hybridized carbons (Fsp3) is 0.688. The van der Waals surface area contributed by atoms with Crippen molar-refractivity contribution in [3.8, 4) is 0 Å². The summed E-state index contributed by atoms with van der Waals surface area (Å²) >= 11 is 0. The Labute approximate surface area is 136 Å². The normalized spacial score (nSPS) is 23.1. The SMILES string of the molecule is CN1CCN(C(=O)C2CCCN(c3cnn(C)c(=O)c3)C2)CC1. The van der Waals surface area contributed by atoms with Gasteiger partial charge in [0.15, 0.2) is 0 Å². The van der Waals surface area contributed by atoms with Crippen molar-refractivity contribution in [3.63, 3.8) is 0 Å². The first-order valence-electron chi connectivity index (χ1n) is 8.30. The van der Waals surface area contributed by atoms with Gasteiger partial charge in [0, 0.05) is 52.4 Å². The van der Waals surface area contributed by atoms with Crippen LogP contribution in [0.3, 0.4) is 0 Å². The molecule has 3 rings (SSSR count). The average Bonchev–Trinajstić information content (AvgIpc) is 2.57. The third kappa shape index (κ3) is 3.55. The van der Waals surface area contributed by atoms with Crippen LogP contribution >= 0.6 is 0 Å². The number of anilines is 1. The highest BCUT2D eigenvalue weighted by Crippen LogP contribution is 2.23. The minimum absolute atomic E-state index is 0.0243. The van der Waals surface area contributed by atoms with E-state index in [1.807, 2.05) is 4.90 Å². The summed E-state index contributed by atoms with van der Waals surface area (Å²) < 4.78 is 1.32. The smallest absolute Gasteiger partial charge is 0.268 e. The van der Waals surface area contributed by atoms with E-state index >= 15 is 0 Å². The lowest BCUT2D eigenvalue weighted by Gasteiger charge is -2.38. The maximum absolute atomic E-state index is 12.8. The van der Waals surface area contributed by atoms with E-state index in [2.05, 4.69) is 21.9 Å². The van der Waals surface area contributed by atoms with Gasteiger partial charge >= 0.3 is 0 Å². The van der Waals surface area contributed by atoms with Crippen LogP contribution in [-0.4, -0.2) is 71.8 Å². The molecular formula is C16H25N5O2. The summed E-state index contributed by atoms with van der Waals surface area (Å²) in [4.78, 5) is 30.9. The average molecular weight is 319 g/mol. The fourth-order valence-corrected chi connectivity index (χ4v) is 3.33. The number of piperazine rings is 1. The number of piperidine rings is 1. The highest BCUT2D eigenvalue weighted by molar-refractivity contribution is 5.80. The zero-order valence-electron chi connectivity index (χ0n) is 13.9. The molecular weight excluding hydrogens is 294 g/mol. The Kier molecular flexibility index (Phi) is 4.66. The summed E-state index contributed by atoms with van der Waals surface area (Å²) in [6.45, 7) is 5.08. The van der Waals surface area contributed by atoms with Gasteiger partial charge in [-0.3, -0.25) is 9.59 Å². The predicted molar refractivity (Wildman–Crippen MR) is 88.5 cm³/mol. The Morgan fingerprint density at radius 3 is 2.61 bits per heavy atom. The van der Waals surface area contributed by atoms with Gasteiger partial charge in [-0.15, -0.1) is 0 Å². The Balaban J connectivity index is 1.66. The summed E-state index contributed by atoms with van der Waals surface area (Å²) in [6.07, 6.45) is 3.61. The summed E-state index contributed by atoms with van der Waals surface area (Å²) in [5, 5.41) is 4.08. The zero-order valence-corrected chi connectivity index (χ0v) is 13.9. The van der Waals surface area contributed by atoms with Crippen molar-refractivity contribution in [1.29, 1.82) is 0 Å². The molecule has 23 heavy (non-hydrogen) atoms. The van der Waals surface area contributed by atoms with Crippen molar-refractivity contribution in [2.24, 2.45) is 13.0 Å². The Morgan fingerprint density at radius 1 is 1.17 bits per heavy atom. The first-order chi connectivity index (χ1) is 11.0. The highest BCUT2D eigenvalue weighted by atomic mass is 16.2. The highest BCUT2D eigenvalue weighted by Gasteiger charge is 2.30. The molecule has 1 atom stereocenters. The predicted octanol–water partition coefficient (Wildman–Crippen LogP) is -0.229. The minimum atomic E-state index is -0.116. The summed E-state index contributed by atoms with van der Waals surface area (Å²) in [5.41, 5.74) is 0.707. The van der Waals surface area contributed by atoms with E-state index in [1.165, 1.54) is 4.68 Å². The molecule has 126 valence electrons. The Morgan fingerprint density at radius 2 is 1.91 bits per heavy atom. The van der Waals surface area contributed by atoms with Crippen LogP contribution in [0.15, 0.2) is 17.1 Å². The van der Waals surface area contributed by atoms with Gasteiger partial charge in [0.2, 0.25) is 5.91 Å². The van der Waals surface area contributed by atoms with E-state index in [0.717, 1.165) is 51.3 Å². The number of rotatable bonds is 2. The second-order valence-corrected chi connectivity index (χ2v) is 6.59. The lowest BCUT2D eigenvalue weighted by Crippen LogP contribution is -2.51. The maximum atomic E-state index is 12.8. The molecule has 1 aromatic rings. The number of aromatic nitrogens is 2. The number of carbonyl (C=O) groups is 1. The number of nitrogens with zero attached hydrogens (tertiary/aromatic N) is 5. The standard InChI is InChI=1S/C16H25N5O2/c1-18-6-8-20(9-7-18)16(23)13-4-3-5-21(12-13)14-10-15(22)19(2)17-11-14/h10-11,13H,3-9,12H2,1-2H3. The van der Waals surface area contributed by atoms with E-state index in [-0.39, 0.29) is 17.4 Å². The number of amides is 1. The van der Waals surface area contributed by atoms with Gasteiger partial charge in [-0.1, -0.05) is 0 Å². The summed E-state index contributed by atoms with van der Waals surface area (Å²) in [6, 6.07) is 1.61. The summed E-state index contributed by atoms with van der Waals surface area (Å²) in [5.74, 6) is 0.288. The molecule has 0 aliphatic carbocycles. The molecule has 3 heterocycles. The van der Waals surface area contributed by atoms with Crippen molar-refractivity contribution in [3.05, 3.63) is 22.6 Å². The molecule has 1 amide bonds. The van der Waals surface area contributed by atoms with Crippen molar-refractivity contribution in [1.82, 2.24) is 19.6 Å². The van der Waals surface area contributed by atoms with E-state index in [4.69, 9.17) is 0 Å². The van der Waals surface area contributed by atoms with E-state index < -0.39 is 0 Å². The van der Waals surface area contributed by atoms with Crippen molar-refractivity contribution in [2.45, 2.75) is 12.8 Å². The van der Waals surface area contributed by atoms with Gasteiger partial charge in [-0.05, 0) is 19.9 Å². The molecule has 2 aliphatic rings. The topological polar surface area (TPSA) is 61.7 Å². The lowest BCUT2D eigenvalue weighted by atomic mass is 9.96. The molecule has 0 bridgehead atoms. The number of hydrogen-bond acceptors (Lipinski definition) is 5. The zero-order chi connectivity index (χ0) is 16.4. The van der Waals surface area contributed by atoms with Crippen LogP contribution in [0, 0.1) is 5.92 Å². The fourth-order valence-electron chi connectivity index (χ4n) is 3.33. The molecule has 7 heteroatoms. The van der Waals surface area contributed by atoms with E-state index in [1.54, 1.807) is 19.3 Å². The van der Waals surface area contributed by atoms with Gasteiger partial charge in [-0.25, -0.2) is 4.68 Å². The molecule has 0 aromatic carbocycles. The van der Waals surface area contributed by atoms with Crippen LogP contribution in [0.4, 0.5) is 5.69 Å². The molecule has 1 aromatic heterocycles. The second-order valence-electron chi connectivity index (χ2n) is 6.59. The van der Waals surface area contributed by atoms with Gasteiger partial charge in [0.05, 0.1) is 17.8 Å². The van der Waals surface area contributed by atoms with Crippen molar-refractivity contribution >= 4 is 11.6 Å². The third-order valence-electron chi connectivity index (χ3n) is 4.90. The number of hydrogen-bond donors (Lipinski definition) is 0. The van der Waals surface area contributed by atoms with Crippen LogP contribution in [0.5, 0.6) is 0 Å². The largest absolute Gasteiger partial charge is 0.369 e. The quantitative estimate of drug-likeness (QED) is 0.754. The Bertz CT molecular complexity index is 621.